The summed E-state index contributed by atoms with van der Waals surface area (Å²) in [6.45, 7) is 0.583. The summed E-state index contributed by atoms with van der Waals surface area (Å²) in [7, 11) is 3.90. The molecular formula is C20H19N3O3. The largest absolute Gasteiger partial charge is 0.479 e. The smallest absolute Gasteiger partial charge is 0.291 e. The molecular weight excluding hydrogens is 330 g/mol. The number of carbonyl (C=O) groups is 1. The summed E-state index contributed by atoms with van der Waals surface area (Å²) >= 11 is 0. The Labute approximate surface area is 151 Å². The standard InChI is InChI=1S/C20H19N3O3/c1-23(2)13-17-16-5-3-4-6-18(16)26-19(17)20(24)22-14-7-9-15(10-8-14)25-12-11-21/h3-10H,12-13H2,1-2H3,(H,22,24). The van der Waals surface area contributed by atoms with Gasteiger partial charge in [0.25, 0.3) is 5.91 Å². The van der Waals surface area contributed by atoms with Crippen LogP contribution in [0.25, 0.3) is 11.0 Å². The number of fused-ring (bicyclic) bond motifs is 1. The number of ether oxygens (including phenoxy) is 1. The van der Waals surface area contributed by atoms with E-state index < -0.39 is 0 Å². The van der Waals surface area contributed by atoms with E-state index in [1.165, 1.54) is 0 Å². The second-order valence-corrected chi connectivity index (χ2v) is 6.07. The van der Waals surface area contributed by atoms with Gasteiger partial charge in [-0.25, -0.2) is 0 Å². The van der Waals surface area contributed by atoms with Gasteiger partial charge >= 0.3 is 0 Å². The van der Waals surface area contributed by atoms with Crippen LogP contribution in [0.2, 0.25) is 0 Å². The number of anilines is 1. The maximum atomic E-state index is 12.7. The van der Waals surface area contributed by atoms with Crippen molar-refractivity contribution in [1.82, 2.24) is 4.90 Å². The summed E-state index contributed by atoms with van der Waals surface area (Å²) in [5.74, 6) is 0.579. The van der Waals surface area contributed by atoms with Crippen LogP contribution in [0.4, 0.5) is 5.69 Å². The maximum absolute atomic E-state index is 12.7. The molecule has 0 aliphatic rings. The van der Waals surface area contributed by atoms with Crippen LogP contribution in [0.1, 0.15) is 16.1 Å². The van der Waals surface area contributed by atoms with Gasteiger partial charge in [-0.15, -0.1) is 0 Å². The van der Waals surface area contributed by atoms with Crippen molar-refractivity contribution in [2.24, 2.45) is 0 Å². The van der Waals surface area contributed by atoms with E-state index in [2.05, 4.69) is 5.32 Å². The van der Waals surface area contributed by atoms with Gasteiger partial charge in [-0.05, 0) is 44.4 Å². The van der Waals surface area contributed by atoms with Gasteiger partial charge in [0.1, 0.15) is 17.4 Å². The van der Waals surface area contributed by atoms with E-state index in [4.69, 9.17) is 14.4 Å². The number of rotatable bonds is 6. The first kappa shape index (κ1) is 17.5. The van der Waals surface area contributed by atoms with E-state index >= 15 is 0 Å². The molecule has 0 unspecified atom stereocenters. The van der Waals surface area contributed by atoms with Crippen LogP contribution in [0, 0.1) is 11.3 Å². The zero-order chi connectivity index (χ0) is 18.5. The highest BCUT2D eigenvalue weighted by Crippen LogP contribution is 2.27. The zero-order valence-electron chi connectivity index (χ0n) is 14.7. The van der Waals surface area contributed by atoms with Gasteiger partial charge in [0.2, 0.25) is 0 Å². The predicted molar refractivity (Wildman–Crippen MR) is 99.1 cm³/mol. The van der Waals surface area contributed by atoms with Crippen LogP contribution in [-0.2, 0) is 6.54 Å². The lowest BCUT2D eigenvalue weighted by Crippen LogP contribution is -2.17. The van der Waals surface area contributed by atoms with E-state index in [9.17, 15) is 4.79 Å². The number of hydrogen-bond donors (Lipinski definition) is 1. The number of benzene rings is 2. The quantitative estimate of drug-likeness (QED) is 0.735. The molecule has 26 heavy (non-hydrogen) atoms. The van der Waals surface area contributed by atoms with Gasteiger partial charge in [0.15, 0.2) is 12.4 Å². The first-order chi connectivity index (χ1) is 12.6. The summed E-state index contributed by atoms with van der Waals surface area (Å²) < 4.78 is 11.0. The first-order valence-electron chi connectivity index (χ1n) is 8.15. The number of nitrogens with one attached hydrogen (secondary N) is 1. The van der Waals surface area contributed by atoms with Gasteiger partial charge in [-0.1, -0.05) is 18.2 Å². The fourth-order valence-corrected chi connectivity index (χ4v) is 2.69. The SMILES string of the molecule is CN(C)Cc1c(C(=O)Nc2ccc(OCC#N)cc2)oc2ccccc12. The molecule has 0 atom stereocenters. The minimum atomic E-state index is -0.302. The van der Waals surface area contributed by atoms with Gasteiger partial charge < -0.3 is 19.4 Å². The average molecular weight is 349 g/mol. The number of amides is 1. The Bertz CT molecular complexity index is 953. The van der Waals surface area contributed by atoms with E-state index in [1.54, 1.807) is 24.3 Å². The molecule has 1 N–H and O–H groups in total. The molecule has 6 heteroatoms. The van der Waals surface area contributed by atoms with E-state index in [-0.39, 0.29) is 12.5 Å². The third kappa shape index (κ3) is 3.85. The Morgan fingerprint density at radius 1 is 1.19 bits per heavy atom. The number of carbonyl (C=O) groups excluding carboxylic acids is 1. The molecule has 0 spiro atoms. The van der Waals surface area contributed by atoms with Crippen molar-refractivity contribution in [2.45, 2.75) is 6.54 Å². The average Bonchev–Trinajstić information content (AvgIpc) is 2.99. The van der Waals surface area contributed by atoms with Gasteiger partial charge in [0.05, 0.1) is 0 Å². The van der Waals surface area contributed by atoms with Crippen molar-refractivity contribution in [2.75, 3.05) is 26.0 Å². The number of nitrogens with zero attached hydrogens (tertiary/aromatic N) is 2. The Balaban J connectivity index is 1.84. The Morgan fingerprint density at radius 2 is 1.92 bits per heavy atom. The van der Waals surface area contributed by atoms with Gasteiger partial charge in [0, 0.05) is 23.2 Å². The molecule has 0 aliphatic heterocycles. The van der Waals surface area contributed by atoms with Crippen molar-refractivity contribution in [3.8, 4) is 11.8 Å². The van der Waals surface area contributed by atoms with Gasteiger partial charge in [-0.2, -0.15) is 5.26 Å². The van der Waals surface area contributed by atoms with Crippen molar-refractivity contribution in [3.05, 3.63) is 59.9 Å². The molecule has 0 saturated heterocycles. The first-order valence-corrected chi connectivity index (χ1v) is 8.15. The fraction of sp³-hybridized carbons (Fsp3) is 0.200. The summed E-state index contributed by atoms with van der Waals surface area (Å²) in [4.78, 5) is 14.7. The minimum absolute atomic E-state index is 0.0153. The van der Waals surface area contributed by atoms with E-state index in [0.717, 1.165) is 10.9 Å². The lowest BCUT2D eigenvalue weighted by molar-refractivity contribution is 0.0996. The second kappa shape index (κ2) is 7.72. The fourth-order valence-electron chi connectivity index (χ4n) is 2.69. The lowest BCUT2D eigenvalue weighted by Gasteiger charge is -2.10. The zero-order valence-corrected chi connectivity index (χ0v) is 14.7. The van der Waals surface area contributed by atoms with Crippen LogP contribution in [0.5, 0.6) is 5.75 Å². The minimum Gasteiger partial charge on any atom is -0.479 e. The maximum Gasteiger partial charge on any atom is 0.291 e. The van der Waals surface area contributed by atoms with E-state index in [1.807, 2.05) is 49.3 Å². The molecule has 2 aromatic carbocycles. The topological polar surface area (TPSA) is 78.5 Å². The molecule has 0 radical (unpaired) electrons. The lowest BCUT2D eigenvalue weighted by atomic mass is 10.1. The summed E-state index contributed by atoms with van der Waals surface area (Å²) in [5, 5.41) is 12.3. The number of nitriles is 1. The van der Waals surface area contributed by atoms with Crippen LogP contribution >= 0.6 is 0 Å². The molecule has 0 bridgehead atoms. The second-order valence-electron chi connectivity index (χ2n) is 6.07. The molecule has 1 aromatic heterocycles. The van der Waals surface area contributed by atoms with Gasteiger partial charge in [-0.3, -0.25) is 4.79 Å². The molecule has 1 amide bonds. The third-order valence-corrected chi connectivity index (χ3v) is 3.79. The molecule has 3 rings (SSSR count). The number of para-hydroxylation sites is 1. The van der Waals surface area contributed by atoms with Crippen LogP contribution in [0.15, 0.2) is 52.9 Å². The van der Waals surface area contributed by atoms with Crippen molar-refractivity contribution < 1.29 is 13.9 Å². The molecule has 0 saturated carbocycles. The van der Waals surface area contributed by atoms with Crippen molar-refractivity contribution >= 4 is 22.6 Å². The Hall–Kier alpha value is -3.30. The van der Waals surface area contributed by atoms with E-state index in [0.29, 0.717) is 29.3 Å². The molecule has 3 aromatic rings. The molecule has 132 valence electrons. The summed E-state index contributed by atoms with van der Waals surface area (Å²) in [6, 6.07) is 16.4. The van der Waals surface area contributed by atoms with Crippen LogP contribution in [0.3, 0.4) is 0 Å². The van der Waals surface area contributed by atoms with Crippen LogP contribution in [-0.4, -0.2) is 31.5 Å². The third-order valence-electron chi connectivity index (χ3n) is 3.79. The normalized spacial score (nSPS) is 10.7. The molecule has 0 aliphatic carbocycles. The number of furan rings is 1. The van der Waals surface area contributed by atoms with Crippen molar-refractivity contribution in [3.63, 3.8) is 0 Å². The molecule has 0 fully saturated rings. The molecule has 6 nitrogen and oxygen atoms in total. The Morgan fingerprint density at radius 3 is 2.62 bits per heavy atom. The Kier molecular flexibility index (Phi) is 5.20. The predicted octanol–water partition coefficient (Wildman–Crippen LogP) is 3.65. The number of hydrogen-bond acceptors (Lipinski definition) is 5. The summed E-state index contributed by atoms with van der Waals surface area (Å²) in [5.41, 5.74) is 2.17. The highest BCUT2D eigenvalue weighted by atomic mass is 16.5. The van der Waals surface area contributed by atoms with Crippen LogP contribution < -0.4 is 10.1 Å². The summed E-state index contributed by atoms with van der Waals surface area (Å²) in [6.07, 6.45) is 0. The highest BCUT2D eigenvalue weighted by molar-refractivity contribution is 6.06. The highest BCUT2D eigenvalue weighted by Gasteiger charge is 2.21. The molecule has 1 heterocycles. The monoisotopic (exact) mass is 349 g/mol. The van der Waals surface area contributed by atoms with Crippen molar-refractivity contribution in [1.29, 1.82) is 5.26 Å².